The third-order valence-electron chi connectivity index (χ3n) is 12.0. The zero-order chi connectivity index (χ0) is 41.0. The first-order valence-electron chi connectivity index (χ1n) is 20.1. The van der Waals surface area contributed by atoms with E-state index < -0.39 is 59.3 Å². The van der Waals surface area contributed by atoms with Crippen molar-refractivity contribution in [2.24, 2.45) is 17.3 Å². The number of carbonyl (C=O) groups is 4. The number of rotatable bonds is 8. The summed E-state index contributed by atoms with van der Waals surface area (Å²) in [6.45, 7) is 18.9. The molecule has 0 aliphatic carbocycles. The van der Waals surface area contributed by atoms with Crippen LogP contribution in [0.5, 0.6) is 0 Å². The first-order valence-corrected chi connectivity index (χ1v) is 20.1. The van der Waals surface area contributed by atoms with Gasteiger partial charge in [0.15, 0.2) is 12.1 Å². The fourth-order valence-electron chi connectivity index (χ4n) is 8.81. The molecule has 1 aromatic rings. The fourth-order valence-corrected chi connectivity index (χ4v) is 8.81. The van der Waals surface area contributed by atoms with Crippen LogP contribution in [0.4, 0.5) is 0 Å². The summed E-state index contributed by atoms with van der Waals surface area (Å²) in [4.78, 5) is 64.2. The fraction of sp³-hybridized carbons (Fsp3) is 0.762. The van der Waals surface area contributed by atoms with Gasteiger partial charge in [0.2, 0.25) is 5.91 Å². The number of likely N-dealkylation sites (N-methyl/N-ethyl adjacent to an activating group) is 1. The number of nitrogens with zero attached hydrogens (tertiary/aromatic N) is 4. The second-order valence-corrected chi connectivity index (χ2v) is 17.3. The van der Waals surface area contributed by atoms with Crippen molar-refractivity contribution in [1.82, 2.24) is 19.6 Å². The summed E-state index contributed by atoms with van der Waals surface area (Å²) in [6.07, 6.45) is -2.26. The Bertz CT molecular complexity index is 1500. The number of esters is 1. The van der Waals surface area contributed by atoms with Gasteiger partial charge in [-0.1, -0.05) is 38.5 Å². The number of aliphatic hydroxyl groups is 1. The first kappa shape index (κ1) is 44.8. The summed E-state index contributed by atoms with van der Waals surface area (Å²) < 4.78 is 25.3. The third-order valence-corrected chi connectivity index (χ3v) is 12.0. The second kappa shape index (κ2) is 18.5. The molecule has 2 amide bonds. The van der Waals surface area contributed by atoms with Gasteiger partial charge in [0, 0.05) is 57.4 Å². The Kier molecular flexibility index (Phi) is 15.1. The SMILES string of the molecule is CCCN1C[C@H](C)C[C@@](C)(OC)[C@H](O[C@@H]2O[C@H](C)C[C@H](N(C)C)[C@H]2O)[C@@H](C)C(=O)C(C)(C)C(=O)O[C@@H](C)[C@@H]1C(=O)N1CCN(C(=O)c2cccc(C)c2)CC1. The van der Waals surface area contributed by atoms with Gasteiger partial charge in [-0.15, -0.1) is 0 Å². The van der Waals surface area contributed by atoms with E-state index in [0.717, 1.165) is 12.0 Å². The van der Waals surface area contributed by atoms with Gasteiger partial charge in [-0.3, -0.25) is 24.1 Å². The first-order chi connectivity index (χ1) is 25.7. The Hall–Kier alpha value is -2.94. The maximum absolute atomic E-state index is 14.6. The summed E-state index contributed by atoms with van der Waals surface area (Å²) in [5.74, 6) is -2.34. The summed E-state index contributed by atoms with van der Waals surface area (Å²) in [5, 5.41) is 11.4. The number of ether oxygens (including phenoxy) is 4. The zero-order valence-corrected chi connectivity index (χ0v) is 35.4. The van der Waals surface area contributed by atoms with Crippen LogP contribution in [0.25, 0.3) is 0 Å². The van der Waals surface area contributed by atoms with Crippen molar-refractivity contribution in [3.05, 3.63) is 35.4 Å². The average molecular weight is 773 g/mol. The average Bonchev–Trinajstić information content (AvgIpc) is 3.13. The Labute approximate surface area is 328 Å². The van der Waals surface area contributed by atoms with Crippen molar-refractivity contribution in [3.63, 3.8) is 0 Å². The van der Waals surface area contributed by atoms with Crippen molar-refractivity contribution < 1.29 is 43.2 Å². The van der Waals surface area contributed by atoms with E-state index in [-0.39, 0.29) is 29.9 Å². The van der Waals surface area contributed by atoms with Crippen LogP contribution < -0.4 is 0 Å². The number of amides is 2. The number of hydrogen-bond acceptors (Lipinski definition) is 11. The number of Topliss-reactive ketones (excluding diaryl/α,β-unsaturated/α-hetero) is 1. The van der Waals surface area contributed by atoms with Gasteiger partial charge in [0.25, 0.3) is 5.91 Å². The smallest absolute Gasteiger partial charge is 0.319 e. The Balaban J connectivity index is 1.66. The highest BCUT2D eigenvalue weighted by molar-refractivity contribution is 6.04. The maximum Gasteiger partial charge on any atom is 0.319 e. The quantitative estimate of drug-likeness (QED) is 0.305. The predicted molar refractivity (Wildman–Crippen MR) is 209 cm³/mol. The monoisotopic (exact) mass is 772 g/mol. The van der Waals surface area contributed by atoms with Gasteiger partial charge in [-0.2, -0.15) is 0 Å². The van der Waals surface area contributed by atoms with Crippen molar-refractivity contribution in [2.75, 3.05) is 60.5 Å². The molecule has 3 heterocycles. The molecule has 310 valence electrons. The lowest BCUT2D eigenvalue weighted by Crippen LogP contribution is -2.60. The molecule has 0 spiro atoms. The van der Waals surface area contributed by atoms with Gasteiger partial charge in [-0.05, 0) is 99.5 Å². The molecule has 10 atom stereocenters. The predicted octanol–water partition coefficient (Wildman–Crippen LogP) is 3.78. The number of methoxy groups -OCH3 is 1. The molecule has 13 heteroatoms. The number of aliphatic hydroxyl groups excluding tert-OH is 1. The number of piperazine rings is 1. The van der Waals surface area contributed by atoms with Crippen LogP contribution in [0.1, 0.15) is 90.6 Å². The summed E-state index contributed by atoms with van der Waals surface area (Å²) >= 11 is 0. The van der Waals surface area contributed by atoms with Crippen molar-refractivity contribution >= 4 is 23.6 Å². The molecule has 13 nitrogen and oxygen atoms in total. The molecule has 3 saturated heterocycles. The van der Waals surface area contributed by atoms with Crippen LogP contribution in [-0.2, 0) is 33.3 Å². The minimum atomic E-state index is -1.61. The largest absolute Gasteiger partial charge is 0.460 e. The van der Waals surface area contributed by atoms with Gasteiger partial charge in [-0.25, -0.2) is 0 Å². The van der Waals surface area contributed by atoms with E-state index in [4.69, 9.17) is 18.9 Å². The molecule has 0 saturated carbocycles. The van der Waals surface area contributed by atoms with E-state index in [2.05, 4.69) is 11.8 Å². The Morgan fingerprint density at radius 2 is 1.65 bits per heavy atom. The minimum absolute atomic E-state index is 0.0669. The van der Waals surface area contributed by atoms with Gasteiger partial charge in [0.1, 0.15) is 23.7 Å². The Morgan fingerprint density at radius 3 is 2.24 bits per heavy atom. The Morgan fingerprint density at radius 1 is 1.02 bits per heavy atom. The summed E-state index contributed by atoms with van der Waals surface area (Å²) in [6, 6.07) is 6.44. The number of hydrogen-bond donors (Lipinski definition) is 1. The topological polar surface area (TPSA) is 138 Å². The van der Waals surface area contributed by atoms with E-state index in [1.807, 2.05) is 71.0 Å². The van der Waals surface area contributed by atoms with Gasteiger partial charge in [0.05, 0.1) is 17.8 Å². The summed E-state index contributed by atoms with van der Waals surface area (Å²) in [7, 11) is 5.39. The molecule has 55 heavy (non-hydrogen) atoms. The van der Waals surface area contributed by atoms with Crippen LogP contribution in [-0.4, -0.2) is 157 Å². The number of benzene rings is 1. The number of aryl methyl sites for hydroxylation is 1. The molecule has 1 N–H and O–H groups in total. The van der Waals surface area contributed by atoms with E-state index in [1.54, 1.807) is 44.6 Å². The van der Waals surface area contributed by atoms with Crippen LogP contribution in [0.3, 0.4) is 0 Å². The number of ketones is 1. The molecule has 1 aromatic carbocycles. The molecule has 3 aliphatic heterocycles. The van der Waals surface area contributed by atoms with Crippen LogP contribution in [0.2, 0.25) is 0 Å². The molecule has 0 unspecified atom stereocenters. The zero-order valence-electron chi connectivity index (χ0n) is 35.4. The normalized spacial score (nSPS) is 34.4. The molecule has 0 bridgehead atoms. The minimum Gasteiger partial charge on any atom is -0.460 e. The molecule has 3 aliphatic rings. The van der Waals surface area contributed by atoms with E-state index >= 15 is 0 Å². The number of carbonyl (C=O) groups excluding carboxylic acids is 4. The van der Waals surface area contributed by atoms with Crippen LogP contribution in [0.15, 0.2) is 24.3 Å². The van der Waals surface area contributed by atoms with Crippen molar-refractivity contribution in [1.29, 1.82) is 0 Å². The molecule has 4 rings (SSSR count). The molecule has 0 aromatic heterocycles. The molecule has 0 radical (unpaired) electrons. The maximum atomic E-state index is 14.6. The highest BCUT2D eigenvalue weighted by Crippen LogP contribution is 2.39. The van der Waals surface area contributed by atoms with Gasteiger partial charge >= 0.3 is 5.97 Å². The van der Waals surface area contributed by atoms with E-state index in [1.165, 1.54) is 0 Å². The molecular weight excluding hydrogens is 704 g/mol. The molecular formula is C42H68N4O9. The van der Waals surface area contributed by atoms with Crippen molar-refractivity contribution in [3.8, 4) is 0 Å². The molecule has 3 fully saturated rings. The lowest BCUT2D eigenvalue weighted by Gasteiger charge is -2.47. The lowest BCUT2D eigenvalue weighted by molar-refractivity contribution is -0.295. The summed E-state index contributed by atoms with van der Waals surface area (Å²) in [5.41, 5.74) is -1.05. The van der Waals surface area contributed by atoms with Crippen molar-refractivity contribution in [2.45, 2.75) is 130 Å². The van der Waals surface area contributed by atoms with Crippen LogP contribution >= 0.6 is 0 Å². The second-order valence-electron chi connectivity index (χ2n) is 17.3. The third kappa shape index (κ3) is 10.1. The van der Waals surface area contributed by atoms with Crippen LogP contribution in [0, 0.1) is 24.2 Å². The standard InChI is InChI=1S/C42H68N4O9/c1-13-17-46-25-27(3)24-42(9,52-12)36(55-39-34(47)32(43(10)11)23-28(4)53-39)29(5)35(48)41(7,8)40(51)54-30(6)33(46)38(50)45-20-18-44(19-21-45)37(49)31-16-14-15-26(2)22-31/h14-16,22,27-30,32-34,36,39,47H,13,17-21,23-25H2,1-12H3/t27-,28-,29+,30+,32+,33-,34-,36-,39+,42-/m1/s1. The van der Waals surface area contributed by atoms with E-state index in [0.29, 0.717) is 57.7 Å². The lowest BCUT2D eigenvalue weighted by atomic mass is 9.74. The van der Waals surface area contributed by atoms with Gasteiger partial charge < -0.3 is 38.8 Å². The highest BCUT2D eigenvalue weighted by atomic mass is 16.7. The highest BCUT2D eigenvalue weighted by Gasteiger charge is 2.52. The van der Waals surface area contributed by atoms with E-state index in [9.17, 15) is 24.3 Å². The number of cyclic esters (lactones) is 1.